The lowest BCUT2D eigenvalue weighted by Gasteiger charge is -2.59. The highest BCUT2D eigenvalue weighted by Gasteiger charge is 2.70. The number of hydrogen-bond donors (Lipinski definition) is 1. The molecule has 4 aliphatic rings. The molecule has 5 nitrogen and oxygen atoms in total. The molecule has 8 rings (SSSR count). The van der Waals surface area contributed by atoms with Gasteiger partial charge in [0.05, 0.1) is 12.5 Å². The number of aliphatic carboxylic acids is 1. The van der Waals surface area contributed by atoms with E-state index >= 15 is 0 Å². The molecule has 1 saturated heterocycles. The first-order valence-corrected chi connectivity index (χ1v) is 13.9. The molecule has 1 saturated carbocycles. The summed E-state index contributed by atoms with van der Waals surface area (Å²) in [5.41, 5.74) is 2.79. The number of para-hydroxylation sites is 1. The van der Waals surface area contributed by atoms with Gasteiger partial charge in [0.15, 0.2) is 0 Å². The molecule has 4 aromatic carbocycles. The summed E-state index contributed by atoms with van der Waals surface area (Å²) in [4.78, 5) is 29.2. The summed E-state index contributed by atoms with van der Waals surface area (Å²) in [6.07, 6.45) is 1.62. The molecule has 3 aliphatic carbocycles. The van der Waals surface area contributed by atoms with Gasteiger partial charge in [-0.2, -0.15) is 0 Å². The van der Waals surface area contributed by atoms with Crippen LogP contribution in [0, 0.1) is 11.3 Å². The number of hydrogen-bond acceptors (Lipinski definition) is 3. The molecule has 2 bridgehead atoms. The van der Waals surface area contributed by atoms with Crippen molar-refractivity contribution in [3.8, 4) is 5.75 Å². The summed E-state index contributed by atoms with van der Waals surface area (Å²) in [5.74, 6) is -0.921. The highest BCUT2D eigenvalue weighted by Crippen LogP contribution is 2.69. The summed E-state index contributed by atoms with van der Waals surface area (Å²) < 4.78 is 5.50. The predicted molar refractivity (Wildman–Crippen MR) is 155 cm³/mol. The fraction of sp³-hybridized carbons (Fsp3) is 0.257. The first kappa shape index (κ1) is 24.6. The SMILES string of the molecule is C=C(C(=O)N1CC2C3(c4ccc5ccccc5c4)CCC(c4ccccc43)C2(C(=O)O)C1)c1ccccc1OC. The van der Waals surface area contributed by atoms with Crippen LogP contribution >= 0.6 is 0 Å². The van der Waals surface area contributed by atoms with Crippen molar-refractivity contribution in [3.05, 3.63) is 120 Å². The Bertz CT molecular complexity index is 1710. The summed E-state index contributed by atoms with van der Waals surface area (Å²) in [6.45, 7) is 4.67. The van der Waals surface area contributed by atoms with Crippen LogP contribution in [-0.4, -0.2) is 42.1 Å². The normalized spacial score (nSPS) is 26.3. The number of methoxy groups -OCH3 is 1. The molecule has 40 heavy (non-hydrogen) atoms. The molecule has 2 fully saturated rings. The van der Waals surface area contributed by atoms with Crippen LogP contribution in [0.25, 0.3) is 16.3 Å². The number of carboxylic acids is 1. The number of benzene rings is 4. The lowest BCUT2D eigenvalue weighted by Crippen LogP contribution is -2.60. The zero-order valence-electron chi connectivity index (χ0n) is 22.5. The number of amides is 1. The van der Waals surface area contributed by atoms with Crippen molar-refractivity contribution in [2.24, 2.45) is 11.3 Å². The molecule has 0 radical (unpaired) electrons. The smallest absolute Gasteiger partial charge is 0.312 e. The third-order valence-corrected chi connectivity index (χ3v) is 9.98. The maximum Gasteiger partial charge on any atom is 0.312 e. The fourth-order valence-electron chi connectivity index (χ4n) is 8.28. The second-order valence-corrected chi connectivity index (χ2v) is 11.5. The molecular weight excluding hydrogens is 498 g/mol. The Balaban J connectivity index is 1.39. The number of ether oxygens (including phenoxy) is 1. The lowest BCUT2D eigenvalue weighted by molar-refractivity contribution is -0.157. The summed E-state index contributed by atoms with van der Waals surface area (Å²) in [6, 6.07) is 30.5. The van der Waals surface area contributed by atoms with Crippen LogP contribution in [0.1, 0.15) is 41.0 Å². The Morgan fingerprint density at radius 2 is 1.68 bits per heavy atom. The van der Waals surface area contributed by atoms with Crippen molar-refractivity contribution < 1.29 is 19.4 Å². The maximum absolute atomic E-state index is 14.0. The Labute approximate surface area is 233 Å². The molecule has 1 amide bonds. The van der Waals surface area contributed by atoms with Crippen LogP contribution in [0.2, 0.25) is 0 Å². The van der Waals surface area contributed by atoms with Gasteiger partial charge in [-0.1, -0.05) is 91.5 Å². The standard InChI is InChI=1S/C35H31NO4/c1-22(26-11-6-8-14-30(26)40-2)32(37)36-20-31-34(25-16-15-23-9-3-4-10-24(23)19-25)18-17-29(35(31,21-36)33(38)39)27-12-5-7-13-28(27)34/h3-16,19,29,31H,1,17-18,20-21H2,2H3,(H,38,39). The van der Waals surface area contributed by atoms with Crippen molar-refractivity contribution >= 4 is 28.2 Å². The second-order valence-electron chi connectivity index (χ2n) is 11.5. The minimum absolute atomic E-state index is 0.161. The number of nitrogens with zero attached hydrogens (tertiary/aromatic N) is 1. The fourth-order valence-corrected chi connectivity index (χ4v) is 8.28. The van der Waals surface area contributed by atoms with Crippen LogP contribution in [0.5, 0.6) is 5.75 Å². The summed E-state index contributed by atoms with van der Waals surface area (Å²) >= 11 is 0. The van der Waals surface area contributed by atoms with Gasteiger partial charge < -0.3 is 14.7 Å². The minimum Gasteiger partial charge on any atom is -0.496 e. The molecule has 4 unspecified atom stereocenters. The van der Waals surface area contributed by atoms with Crippen LogP contribution in [0.4, 0.5) is 0 Å². The zero-order chi connectivity index (χ0) is 27.6. The van der Waals surface area contributed by atoms with E-state index in [4.69, 9.17) is 4.74 Å². The molecule has 1 N–H and O–H groups in total. The average Bonchev–Trinajstić information content (AvgIpc) is 3.44. The molecule has 4 atom stereocenters. The Morgan fingerprint density at radius 1 is 0.950 bits per heavy atom. The van der Waals surface area contributed by atoms with E-state index in [1.165, 1.54) is 5.56 Å². The third kappa shape index (κ3) is 3.15. The van der Waals surface area contributed by atoms with E-state index in [0.717, 1.165) is 34.7 Å². The van der Waals surface area contributed by atoms with E-state index in [1.807, 2.05) is 42.5 Å². The Morgan fingerprint density at radius 3 is 2.48 bits per heavy atom. The number of fused-ring (bicyclic) bond motifs is 2. The predicted octanol–water partition coefficient (Wildman–Crippen LogP) is 6.27. The van der Waals surface area contributed by atoms with Crippen molar-refractivity contribution in [2.75, 3.05) is 20.2 Å². The highest BCUT2D eigenvalue weighted by molar-refractivity contribution is 6.19. The molecule has 1 heterocycles. The van der Waals surface area contributed by atoms with Crippen LogP contribution in [-0.2, 0) is 15.0 Å². The topological polar surface area (TPSA) is 66.8 Å². The molecule has 5 heteroatoms. The third-order valence-electron chi connectivity index (χ3n) is 9.98. The van der Waals surface area contributed by atoms with Crippen molar-refractivity contribution in [1.82, 2.24) is 4.90 Å². The van der Waals surface area contributed by atoms with Crippen LogP contribution < -0.4 is 4.74 Å². The molecular formula is C35H31NO4. The van der Waals surface area contributed by atoms with Gasteiger partial charge in [-0.25, -0.2) is 0 Å². The van der Waals surface area contributed by atoms with Gasteiger partial charge in [0, 0.05) is 41.5 Å². The van der Waals surface area contributed by atoms with E-state index in [2.05, 4.69) is 55.1 Å². The monoisotopic (exact) mass is 529 g/mol. The molecule has 0 spiro atoms. The number of likely N-dealkylation sites (tertiary alicyclic amines) is 1. The quantitative estimate of drug-likeness (QED) is 0.310. The van der Waals surface area contributed by atoms with E-state index in [0.29, 0.717) is 23.4 Å². The number of rotatable bonds is 5. The highest BCUT2D eigenvalue weighted by atomic mass is 16.5. The van der Waals surface area contributed by atoms with E-state index in [9.17, 15) is 14.7 Å². The lowest BCUT2D eigenvalue weighted by atomic mass is 9.42. The maximum atomic E-state index is 14.0. The van der Waals surface area contributed by atoms with Gasteiger partial charge in [0.2, 0.25) is 0 Å². The van der Waals surface area contributed by atoms with Gasteiger partial charge in [-0.05, 0) is 46.4 Å². The first-order valence-electron chi connectivity index (χ1n) is 13.9. The number of carboxylic acid groups (broad SMARTS) is 1. The van der Waals surface area contributed by atoms with E-state index in [1.54, 1.807) is 12.0 Å². The Hall–Kier alpha value is -4.38. The van der Waals surface area contributed by atoms with Crippen molar-refractivity contribution in [1.29, 1.82) is 0 Å². The first-order chi connectivity index (χ1) is 19.4. The van der Waals surface area contributed by atoms with Crippen LogP contribution in [0.3, 0.4) is 0 Å². The number of carbonyl (C=O) groups is 2. The van der Waals surface area contributed by atoms with E-state index < -0.39 is 16.8 Å². The number of carbonyl (C=O) groups excluding carboxylic acids is 1. The van der Waals surface area contributed by atoms with Crippen LogP contribution in [0.15, 0.2) is 97.6 Å². The molecule has 0 aromatic heterocycles. The second kappa shape index (κ2) is 8.82. The van der Waals surface area contributed by atoms with Crippen molar-refractivity contribution in [3.63, 3.8) is 0 Å². The van der Waals surface area contributed by atoms with Gasteiger partial charge >= 0.3 is 5.97 Å². The van der Waals surface area contributed by atoms with Gasteiger partial charge in [-0.3, -0.25) is 9.59 Å². The van der Waals surface area contributed by atoms with Gasteiger partial charge in [-0.15, -0.1) is 0 Å². The van der Waals surface area contributed by atoms with E-state index in [-0.39, 0.29) is 24.3 Å². The summed E-state index contributed by atoms with van der Waals surface area (Å²) in [5, 5.41) is 13.3. The average molecular weight is 530 g/mol. The summed E-state index contributed by atoms with van der Waals surface area (Å²) in [7, 11) is 1.57. The van der Waals surface area contributed by atoms with Gasteiger partial charge in [0.25, 0.3) is 5.91 Å². The zero-order valence-corrected chi connectivity index (χ0v) is 22.5. The largest absolute Gasteiger partial charge is 0.496 e. The van der Waals surface area contributed by atoms with Gasteiger partial charge in [0.1, 0.15) is 5.75 Å². The molecule has 200 valence electrons. The Kier molecular flexibility index (Phi) is 5.43. The van der Waals surface area contributed by atoms with Crippen molar-refractivity contribution in [2.45, 2.75) is 24.2 Å². The molecule has 4 aromatic rings. The molecule has 1 aliphatic heterocycles. The minimum atomic E-state index is -1.09.